The minimum Gasteiger partial charge on any atom is -0.371 e. The van der Waals surface area contributed by atoms with E-state index in [1.54, 1.807) is 6.07 Å². The van der Waals surface area contributed by atoms with Gasteiger partial charge in [-0.1, -0.05) is 36.4 Å². The molecule has 0 bridgehead atoms. The van der Waals surface area contributed by atoms with Crippen LogP contribution < -0.4 is 5.32 Å². The van der Waals surface area contributed by atoms with Gasteiger partial charge in [0.05, 0.1) is 12.7 Å². The van der Waals surface area contributed by atoms with Gasteiger partial charge in [-0.3, -0.25) is 0 Å². The second kappa shape index (κ2) is 5.76. The van der Waals surface area contributed by atoms with Gasteiger partial charge >= 0.3 is 0 Å². The average molecular weight is 306 g/mol. The number of benzene rings is 2. The van der Waals surface area contributed by atoms with Crippen molar-refractivity contribution >= 4 is 12.4 Å². The molecule has 2 aliphatic heterocycles. The molecular formula is C17H17ClFNO. The van der Waals surface area contributed by atoms with Gasteiger partial charge < -0.3 is 10.1 Å². The van der Waals surface area contributed by atoms with Crippen LogP contribution in [0.25, 0.3) is 11.1 Å². The van der Waals surface area contributed by atoms with Crippen LogP contribution in [0.1, 0.15) is 17.0 Å². The summed E-state index contributed by atoms with van der Waals surface area (Å²) < 4.78 is 20.0. The van der Waals surface area contributed by atoms with Crippen molar-refractivity contribution in [3.05, 3.63) is 59.4 Å². The molecule has 0 aromatic heterocycles. The van der Waals surface area contributed by atoms with Crippen LogP contribution in [0.15, 0.2) is 42.5 Å². The molecule has 2 aromatic rings. The van der Waals surface area contributed by atoms with Crippen LogP contribution >= 0.6 is 12.4 Å². The molecule has 1 fully saturated rings. The zero-order valence-electron chi connectivity index (χ0n) is 11.5. The van der Waals surface area contributed by atoms with Crippen molar-refractivity contribution in [3.8, 4) is 11.1 Å². The average Bonchev–Trinajstić information content (AvgIpc) is 2.96. The van der Waals surface area contributed by atoms with Gasteiger partial charge in [-0.05, 0) is 22.8 Å². The molecule has 2 atom stereocenters. The molecule has 0 radical (unpaired) electrons. The van der Waals surface area contributed by atoms with E-state index >= 15 is 0 Å². The van der Waals surface area contributed by atoms with Gasteiger partial charge in [0, 0.05) is 24.6 Å². The maximum atomic E-state index is 14.1. The third kappa shape index (κ3) is 2.35. The van der Waals surface area contributed by atoms with Crippen molar-refractivity contribution in [3.63, 3.8) is 0 Å². The summed E-state index contributed by atoms with van der Waals surface area (Å²) in [6, 6.07) is 13.1. The molecule has 0 saturated carbocycles. The highest BCUT2D eigenvalue weighted by Gasteiger charge is 2.35. The normalized spacial score (nSPS) is 23.1. The van der Waals surface area contributed by atoms with Gasteiger partial charge in [0.1, 0.15) is 5.82 Å². The van der Waals surface area contributed by atoms with Crippen molar-refractivity contribution in [1.29, 1.82) is 0 Å². The van der Waals surface area contributed by atoms with Gasteiger partial charge in [0.2, 0.25) is 0 Å². The summed E-state index contributed by atoms with van der Waals surface area (Å²) in [4.78, 5) is 0. The Hall–Kier alpha value is -1.42. The molecule has 0 amide bonds. The van der Waals surface area contributed by atoms with Gasteiger partial charge in [-0.25, -0.2) is 4.39 Å². The van der Waals surface area contributed by atoms with Crippen LogP contribution in [0.5, 0.6) is 0 Å². The second-order valence-electron chi connectivity index (χ2n) is 5.47. The van der Waals surface area contributed by atoms with E-state index in [1.165, 1.54) is 11.6 Å². The molecule has 0 aliphatic carbocycles. The Morgan fingerprint density at radius 2 is 1.81 bits per heavy atom. The molecule has 110 valence electrons. The number of hydrogen-bond donors (Lipinski definition) is 1. The van der Waals surface area contributed by atoms with Gasteiger partial charge in [-0.15, -0.1) is 12.4 Å². The van der Waals surface area contributed by atoms with Crippen LogP contribution in [0.3, 0.4) is 0 Å². The minimum atomic E-state index is -0.174. The van der Waals surface area contributed by atoms with E-state index in [-0.39, 0.29) is 24.3 Å². The SMILES string of the molecule is Cl.Fc1ccccc1-c1cccc2c1CO[C@@H]1CNC[C@H]21. The number of halogens is 2. The Morgan fingerprint density at radius 1 is 1.00 bits per heavy atom. The summed E-state index contributed by atoms with van der Waals surface area (Å²) in [6.07, 6.45) is 0.262. The lowest BCUT2D eigenvalue weighted by Crippen LogP contribution is -2.27. The third-order valence-corrected chi connectivity index (χ3v) is 4.38. The van der Waals surface area contributed by atoms with Crippen LogP contribution in [0.2, 0.25) is 0 Å². The maximum Gasteiger partial charge on any atom is 0.131 e. The first kappa shape index (κ1) is 14.5. The number of fused-ring (bicyclic) bond motifs is 3. The highest BCUT2D eigenvalue weighted by Crippen LogP contribution is 2.38. The Labute approximate surface area is 129 Å². The van der Waals surface area contributed by atoms with Crippen LogP contribution in [0.4, 0.5) is 4.39 Å². The number of ether oxygens (including phenoxy) is 1. The maximum absolute atomic E-state index is 14.1. The van der Waals surface area contributed by atoms with Crippen LogP contribution in [-0.2, 0) is 11.3 Å². The standard InChI is InChI=1S/C17H16FNO.ClH/c18-16-7-2-1-4-13(16)11-5-3-6-12-14-8-19-9-17(14)20-10-15(11)12;/h1-7,14,17,19H,8-10H2;1H/t14-,17-;/m1./s1. The molecule has 21 heavy (non-hydrogen) atoms. The first-order valence-electron chi connectivity index (χ1n) is 7.03. The molecule has 4 rings (SSSR count). The number of rotatable bonds is 1. The molecule has 2 heterocycles. The van der Waals surface area contributed by atoms with E-state index in [4.69, 9.17) is 4.74 Å². The van der Waals surface area contributed by atoms with E-state index < -0.39 is 0 Å². The highest BCUT2D eigenvalue weighted by atomic mass is 35.5. The third-order valence-electron chi connectivity index (χ3n) is 4.38. The zero-order valence-corrected chi connectivity index (χ0v) is 12.3. The summed E-state index contributed by atoms with van der Waals surface area (Å²) >= 11 is 0. The van der Waals surface area contributed by atoms with E-state index in [2.05, 4.69) is 11.4 Å². The zero-order chi connectivity index (χ0) is 13.5. The Morgan fingerprint density at radius 3 is 2.67 bits per heavy atom. The van der Waals surface area contributed by atoms with Crippen LogP contribution in [0, 0.1) is 5.82 Å². The fraction of sp³-hybridized carbons (Fsp3) is 0.294. The van der Waals surface area contributed by atoms with E-state index in [0.717, 1.165) is 24.2 Å². The highest BCUT2D eigenvalue weighted by molar-refractivity contribution is 5.85. The fourth-order valence-corrected chi connectivity index (χ4v) is 3.38. The second-order valence-corrected chi connectivity index (χ2v) is 5.47. The van der Waals surface area contributed by atoms with Gasteiger partial charge in [0.15, 0.2) is 0 Å². The van der Waals surface area contributed by atoms with Crippen molar-refractivity contribution in [2.24, 2.45) is 0 Å². The Bertz CT molecular complexity index is 661. The van der Waals surface area contributed by atoms with Crippen molar-refractivity contribution in [2.75, 3.05) is 13.1 Å². The minimum absolute atomic E-state index is 0. The summed E-state index contributed by atoms with van der Waals surface area (Å²) in [5, 5.41) is 3.38. The molecule has 1 N–H and O–H groups in total. The number of nitrogens with one attached hydrogen (secondary N) is 1. The quantitative estimate of drug-likeness (QED) is 0.870. The van der Waals surface area contributed by atoms with E-state index in [1.807, 2.05) is 24.3 Å². The lowest BCUT2D eigenvalue weighted by molar-refractivity contribution is 0.0302. The van der Waals surface area contributed by atoms with Gasteiger partial charge in [-0.2, -0.15) is 0 Å². The summed E-state index contributed by atoms with van der Waals surface area (Å²) in [5.74, 6) is 0.220. The molecule has 2 nitrogen and oxygen atoms in total. The Balaban J connectivity index is 0.00000132. The smallest absolute Gasteiger partial charge is 0.131 e. The molecule has 4 heteroatoms. The fourth-order valence-electron chi connectivity index (χ4n) is 3.38. The molecule has 2 aliphatic rings. The predicted octanol–water partition coefficient (Wildman–Crippen LogP) is 3.50. The van der Waals surface area contributed by atoms with Gasteiger partial charge in [0.25, 0.3) is 0 Å². The molecule has 1 saturated heterocycles. The summed E-state index contributed by atoms with van der Waals surface area (Å²) in [7, 11) is 0. The molecule has 0 unspecified atom stereocenters. The topological polar surface area (TPSA) is 21.3 Å². The van der Waals surface area contributed by atoms with Crippen molar-refractivity contribution in [1.82, 2.24) is 5.32 Å². The van der Waals surface area contributed by atoms with Crippen molar-refractivity contribution in [2.45, 2.75) is 18.6 Å². The Kier molecular flexibility index (Phi) is 3.98. The lowest BCUT2D eigenvalue weighted by atomic mass is 9.85. The summed E-state index contributed by atoms with van der Waals surface area (Å²) in [6.45, 7) is 2.43. The van der Waals surface area contributed by atoms with Crippen LogP contribution in [-0.4, -0.2) is 19.2 Å². The molecule has 0 spiro atoms. The first-order chi connectivity index (χ1) is 9.84. The van der Waals surface area contributed by atoms with E-state index in [9.17, 15) is 4.39 Å². The molecule has 2 aromatic carbocycles. The lowest BCUT2D eigenvalue weighted by Gasteiger charge is -2.29. The summed E-state index contributed by atoms with van der Waals surface area (Å²) in [5.41, 5.74) is 4.08. The molecular weight excluding hydrogens is 289 g/mol. The van der Waals surface area contributed by atoms with E-state index in [0.29, 0.717) is 18.1 Å². The predicted molar refractivity (Wildman–Crippen MR) is 83.3 cm³/mol. The van der Waals surface area contributed by atoms with Crippen molar-refractivity contribution < 1.29 is 9.13 Å². The largest absolute Gasteiger partial charge is 0.371 e. The first-order valence-corrected chi connectivity index (χ1v) is 7.03. The number of hydrogen-bond acceptors (Lipinski definition) is 2. The monoisotopic (exact) mass is 305 g/mol.